The van der Waals surface area contributed by atoms with Crippen molar-refractivity contribution in [1.29, 1.82) is 0 Å². The first kappa shape index (κ1) is 19.4. The van der Waals surface area contributed by atoms with Gasteiger partial charge in [0.05, 0.1) is 17.0 Å². The number of carbonyl (C=O) groups excluding carboxylic acids is 1. The molecule has 0 spiro atoms. The van der Waals surface area contributed by atoms with Crippen LogP contribution in [-0.2, 0) is 14.6 Å². The number of nitrogens with zero attached hydrogens (tertiary/aromatic N) is 1. The lowest BCUT2D eigenvalue weighted by atomic mass is 9.83. The van der Waals surface area contributed by atoms with Gasteiger partial charge in [0.15, 0.2) is 9.84 Å². The summed E-state index contributed by atoms with van der Waals surface area (Å²) in [6.07, 6.45) is 1.95. The Morgan fingerprint density at radius 2 is 1.78 bits per heavy atom. The molecule has 1 aliphatic rings. The molecule has 0 fully saturated rings. The van der Waals surface area contributed by atoms with Gasteiger partial charge in [0.25, 0.3) is 0 Å². The number of hydrogen-bond acceptors (Lipinski definition) is 4. The Bertz CT molecular complexity index is 952. The van der Waals surface area contributed by atoms with Crippen LogP contribution in [0, 0.1) is 0 Å². The van der Waals surface area contributed by atoms with Crippen LogP contribution in [0.5, 0.6) is 5.75 Å². The fourth-order valence-corrected chi connectivity index (χ4v) is 4.35. The number of amides is 1. The molecule has 1 aliphatic heterocycles. The van der Waals surface area contributed by atoms with Crippen LogP contribution < -0.4 is 4.74 Å². The summed E-state index contributed by atoms with van der Waals surface area (Å²) in [6.45, 7) is 6.49. The zero-order valence-electron chi connectivity index (χ0n) is 16.0. The van der Waals surface area contributed by atoms with E-state index < -0.39 is 9.84 Å². The lowest BCUT2D eigenvalue weighted by molar-refractivity contribution is -0.120. The number of ether oxygens (including phenoxy) is 1. The molecule has 5 nitrogen and oxygen atoms in total. The molecule has 2 aromatic rings. The molecule has 1 amide bonds. The van der Waals surface area contributed by atoms with Crippen LogP contribution in [0.15, 0.2) is 47.4 Å². The van der Waals surface area contributed by atoms with Gasteiger partial charge in [-0.3, -0.25) is 4.79 Å². The number of carbonyl (C=O) groups is 1. The molecular formula is C21H25NO4S. The highest BCUT2D eigenvalue weighted by atomic mass is 32.2. The lowest BCUT2D eigenvalue weighted by Crippen LogP contribution is -2.37. The van der Waals surface area contributed by atoms with E-state index in [9.17, 15) is 13.2 Å². The minimum atomic E-state index is -3.38. The molecule has 0 saturated carbocycles. The first-order valence-corrected chi connectivity index (χ1v) is 10.9. The standard InChI is InChI=1S/C21H25NO4S/c1-14(2)26-20-10-9-16(27(4,24)25)11-19(20)21-18-8-6-5-7-17(18)15(3)12-22(21)13-23/h5-11,13-15,21H,12H2,1-4H3. The van der Waals surface area contributed by atoms with Crippen molar-refractivity contribution >= 4 is 16.2 Å². The van der Waals surface area contributed by atoms with Crippen LogP contribution >= 0.6 is 0 Å². The molecule has 3 rings (SSSR count). The van der Waals surface area contributed by atoms with Gasteiger partial charge in [0, 0.05) is 18.4 Å². The Morgan fingerprint density at radius 3 is 2.37 bits per heavy atom. The summed E-state index contributed by atoms with van der Waals surface area (Å²) >= 11 is 0. The fraction of sp³-hybridized carbons (Fsp3) is 0.381. The molecule has 0 aromatic heterocycles. The Labute approximate surface area is 160 Å². The number of hydrogen-bond donors (Lipinski definition) is 0. The molecule has 144 valence electrons. The van der Waals surface area contributed by atoms with Gasteiger partial charge in [-0.25, -0.2) is 8.42 Å². The third-order valence-electron chi connectivity index (χ3n) is 4.84. The molecular weight excluding hydrogens is 362 g/mol. The highest BCUT2D eigenvalue weighted by Gasteiger charge is 2.33. The Morgan fingerprint density at radius 1 is 1.11 bits per heavy atom. The molecule has 27 heavy (non-hydrogen) atoms. The van der Waals surface area contributed by atoms with Gasteiger partial charge in [-0.2, -0.15) is 0 Å². The fourth-order valence-electron chi connectivity index (χ4n) is 3.69. The minimum Gasteiger partial charge on any atom is -0.491 e. The number of sulfone groups is 1. The number of rotatable bonds is 5. The van der Waals surface area contributed by atoms with Crippen LogP contribution in [0.4, 0.5) is 0 Å². The van der Waals surface area contributed by atoms with Gasteiger partial charge in [-0.05, 0) is 49.1 Å². The van der Waals surface area contributed by atoms with Crippen molar-refractivity contribution in [3.8, 4) is 5.75 Å². The van der Waals surface area contributed by atoms with E-state index in [1.165, 1.54) is 11.8 Å². The summed E-state index contributed by atoms with van der Waals surface area (Å²) < 4.78 is 30.2. The molecule has 2 aromatic carbocycles. The maximum atomic E-state index is 12.1. The third-order valence-corrected chi connectivity index (χ3v) is 5.95. The van der Waals surface area contributed by atoms with E-state index in [1.54, 1.807) is 23.1 Å². The maximum Gasteiger partial charge on any atom is 0.210 e. The largest absolute Gasteiger partial charge is 0.491 e. The van der Waals surface area contributed by atoms with Crippen molar-refractivity contribution in [2.24, 2.45) is 0 Å². The molecule has 6 heteroatoms. The zero-order valence-corrected chi connectivity index (χ0v) is 16.9. The number of fused-ring (bicyclic) bond motifs is 1. The first-order chi connectivity index (χ1) is 12.7. The van der Waals surface area contributed by atoms with Crippen molar-refractivity contribution < 1.29 is 17.9 Å². The SMILES string of the molecule is CC(C)Oc1ccc(S(C)(=O)=O)cc1C1c2ccccc2C(C)CN1C=O. The predicted octanol–water partition coefficient (Wildman–Crippen LogP) is 3.54. The van der Waals surface area contributed by atoms with Crippen LogP contribution in [-0.4, -0.2) is 38.6 Å². The summed E-state index contributed by atoms with van der Waals surface area (Å²) in [5, 5.41) is 0. The molecule has 1 heterocycles. The highest BCUT2D eigenvalue weighted by molar-refractivity contribution is 7.90. The summed E-state index contributed by atoms with van der Waals surface area (Å²) in [5.74, 6) is 0.800. The van der Waals surface area contributed by atoms with Gasteiger partial charge in [-0.1, -0.05) is 31.2 Å². The topological polar surface area (TPSA) is 63.7 Å². The molecule has 2 unspecified atom stereocenters. The normalized spacial score (nSPS) is 19.7. The molecule has 0 aliphatic carbocycles. The van der Waals surface area contributed by atoms with Crippen LogP contribution in [0.2, 0.25) is 0 Å². The van der Waals surface area contributed by atoms with Gasteiger partial charge in [-0.15, -0.1) is 0 Å². The van der Waals surface area contributed by atoms with E-state index >= 15 is 0 Å². The zero-order chi connectivity index (χ0) is 19.8. The minimum absolute atomic E-state index is 0.0738. The van der Waals surface area contributed by atoms with E-state index in [-0.39, 0.29) is 23.0 Å². The monoisotopic (exact) mass is 387 g/mol. The van der Waals surface area contributed by atoms with Crippen molar-refractivity contribution in [3.63, 3.8) is 0 Å². The van der Waals surface area contributed by atoms with Crippen LogP contribution in [0.1, 0.15) is 49.4 Å². The molecule has 0 N–H and O–H groups in total. The van der Waals surface area contributed by atoms with Gasteiger partial charge >= 0.3 is 0 Å². The van der Waals surface area contributed by atoms with Gasteiger partial charge in [0.1, 0.15) is 5.75 Å². The van der Waals surface area contributed by atoms with E-state index in [2.05, 4.69) is 13.0 Å². The molecule has 2 atom stereocenters. The van der Waals surface area contributed by atoms with Crippen molar-refractivity contribution in [3.05, 3.63) is 59.2 Å². The van der Waals surface area contributed by atoms with E-state index in [0.29, 0.717) is 17.9 Å². The van der Waals surface area contributed by atoms with E-state index in [0.717, 1.165) is 12.0 Å². The van der Waals surface area contributed by atoms with Crippen LogP contribution in [0.25, 0.3) is 0 Å². The Kier molecular flexibility index (Phi) is 5.29. The quantitative estimate of drug-likeness (QED) is 0.736. The summed E-state index contributed by atoms with van der Waals surface area (Å²) in [7, 11) is -3.38. The predicted molar refractivity (Wildman–Crippen MR) is 105 cm³/mol. The molecule has 0 saturated heterocycles. The summed E-state index contributed by atoms with van der Waals surface area (Å²) in [5.41, 5.74) is 2.86. The van der Waals surface area contributed by atoms with Gasteiger partial charge < -0.3 is 9.64 Å². The average molecular weight is 388 g/mol. The van der Waals surface area contributed by atoms with Crippen molar-refractivity contribution in [1.82, 2.24) is 4.90 Å². The lowest BCUT2D eigenvalue weighted by Gasteiger charge is -2.39. The summed E-state index contributed by atoms with van der Waals surface area (Å²) in [6, 6.07) is 12.5. The van der Waals surface area contributed by atoms with E-state index in [1.807, 2.05) is 32.0 Å². The Hall–Kier alpha value is -2.34. The average Bonchev–Trinajstić information content (AvgIpc) is 2.61. The van der Waals surface area contributed by atoms with E-state index in [4.69, 9.17) is 4.74 Å². The summed E-state index contributed by atoms with van der Waals surface area (Å²) in [4.78, 5) is 13.8. The second-order valence-corrected chi connectivity index (χ2v) is 9.39. The van der Waals surface area contributed by atoms with Crippen molar-refractivity contribution in [2.45, 2.75) is 43.7 Å². The Balaban J connectivity index is 2.25. The maximum absolute atomic E-state index is 12.1. The van der Waals surface area contributed by atoms with Crippen LogP contribution in [0.3, 0.4) is 0 Å². The second-order valence-electron chi connectivity index (χ2n) is 7.37. The highest BCUT2D eigenvalue weighted by Crippen LogP contribution is 2.42. The molecule has 0 radical (unpaired) electrons. The second kappa shape index (κ2) is 7.35. The number of benzene rings is 2. The van der Waals surface area contributed by atoms with Crippen molar-refractivity contribution in [2.75, 3.05) is 12.8 Å². The molecule has 0 bridgehead atoms. The third kappa shape index (κ3) is 3.86. The van der Waals surface area contributed by atoms with Gasteiger partial charge in [0.2, 0.25) is 6.41 Å². The first-order valence-electron chi connectivity index (χ1n) is 9.03. The smallest absolute Gasteiger partial charge is 0.210 e.